The normalized spacial score (nSPS) is 13.9. The number of para-hydroxylation sites is 4. The van der Waals surface area contributed by atoms with E-state index in [1.54, 1.807) is 36.4 Å². The van der Waals surface area contributed by atoms with E-state index in [1.807, 2.05) is 111 Å². The highest BCUT2D eigenvalue weighted by atomic mass is 35.5. The number of hydrogen-bond acceptors (Lipinski definition) is 10. The molecule has 3 N–H and O–H groups in total. The van der Waals surface area contributed by atoms with Crippen molar-refractivity contribution in [3.63, 3.8) is 0 Å². The van der Waals surface area contributed by atoms with Gasteiger partial charge in [0, 0.05) is 44.0 Å². The summed E-state index contributed by atoms with van der Waals surface area (Å²) in [5.41, 5.74) is 12.7. The van der Waals surface area contributed by atoms with Crippen LogP contribution in [0.3, 0.4) is 0 Å². The van der Waals surface area contributed by atoms with E-state index in [0.717, 1.165) is 93.2 Å². The number of thiophene rings is 1. The van der Waals surface area contributed by atoms with Crippen molar-refractivity contribution >= 4 is 187 Å². The van der Waals surface area contributed by atoms with E-state index >= 15 is 0 Å². The van der Waals surface area contributed by atoms with Crippen LogP contribution in [0.25, 0.3) is 140 Å². The van der Waals surface area contributed by atoms with Crippen LogP contribution in [0.4, 0.5) is 0 Å². The zero-order valence-electron chi connectivity index (χ0n) is 52.6. The number of rotatable bonds is 0. The maximum atomic E-state index is 12.2. The molecule has 0 spiro atoms. The van der Waals surface area contributed by atoms with E-state index in [1.165, 1.54) is 71.5 Å². The van der Waals surface area contributed by atoms with E-state index in [2.05, 4.69) is 172 Å². The van der Waals surface area contributed by atoms with Gasteiger partial charge in [0.1, 0.15) is 20.6 Å². The van der Waals surface area contributed by atoms with Crippen molar-refractivity contribution in [1.82, 2.24) is 44.9 Å². The van der Waals surface area contributed by atoms with Crippen LogP contribution in [0.1, 0.15) is 32.0 Å². The molecule has 0 radical (unpaired) electrons. The fraction of sp³-hybridized carbons (Fsp3) is 0.0482. The predicted octanol–water partition coefficient (Wildman–Crippen LogP) is 21.0. The van der Waals surface area contributed by atoms with Crippen molar-refractivity contribution in [2.75, 3.05) is 0 Å². The molecule has 2 aliphatic carbocycles. The number of nitrogens with zero attached hydrogens (tertiary/aromatic N) is 6. The first-order valence-electron chi connectivity index (χ1n) is 31.9. The molecule has 15 heteroatoms. The van der Waals surface area contributed by atoms with Gasteiger partial charge in [-0.3, -0.25) is 14.4 Å². The number of aromatic amines is 3. The van der Waals surface area contributed by atoms with Crippen molar-refractivity contribution in [1.29, 1.82) is 0 Å². The summed E-state index contributed by atoms with van der Waals surface area (Å²) in [5, 5.41) is 17.5. The first-order chi connectivity index (χ1) is 48.0. The Bertz CT molecular complexity index is 6220. The summed E-state index contributed by atoms with van der Waals surface area (Å²) in [7, 11) is 0. The van der Waals surface area contributed by atoms with Crippen molar-refractivity contribution in [3.05, 3.63) is 310 Å². The highest BCUT2D eigenvalue weighted by Crippen LogP contribution is 2.37. The number of hydrogen-bond donors (Lipinski definition) is 3. The van der Waals surface area contributed by atoms with Crippen molar-refractivity contribution in [2.24, 2.45) is 11.8 Å². The molecule has 98 heavy (non-hydrogen) atoms. The van der Waals surface area contributed by atoms with Crippen LogP contribution in [0.5, 0.6) is 0 Å². The van der Waals surface area contributed by atoms with Crippen LogP contribution < -0.4 is 5.56 Å². The summed E-state index contributed by atoms with van der Waals surface area (Å²) in [6, 6.07) is 79.9. The van der Waals surface area contributed by atoms with Gasteiger partial charge in [-0.2, -0.15) is 0 Å². The number of carbonyl (C=O) groups is 2. The zero-order chi connectivity index (χ0) is 66.5. The van der Waals surface area contributed by atoms with Gasteiger partial charge in [-0.05, 0) is 128 Å². The number of benzene rings is 12. The van der Waals surface area contributed by atoms with Gasteiger partial charge in [-0.15, -0.1) is 11.3 Å². The van der Waals surface area contributed by atoms with Crippen LogP contribution >= 0.6 is 34.5 Å². The number of pyridine rings is 1. The monoisotopic (exact) mass is 1330 g/mol. The molecule has 12 aromatic carbocycles. The minimum Gasteiger partial charge on any atom is -0.338 e. The van der Waals surface area contributed by atoms with Crippen molar-refractivity contribution in [3.8, 4) is 0 Å². The first-order valence-corrected chi connectivity index (χ1v) is 33.5. The summed E-state index contributed by atoms with van der Waals surface area (Å²) in [6.07, 6.45) is 8.75. The number of allylic oxidation sites excluding steroid dienone is 4. The van der Waals surface area contributed by atoms with Gasteiger partial charge in [0.25, 0.3) is 5.56 Å². The predicted molar refractivity (Wildman–Crippen MR) is 405 cm³/mol. The number of carbonyl (C=O) groups excluding carboxylic acids is 2. The summed E-state index contributed by atoms with van der Waals surface area (Å²) >= 11 is 13.4. The molecule has 7 aromatic heterocycles. The van der Waals surface area contributed by atoms with Crippen LogP contribution in [-0.2, 0) is 0 Å². The molecule has 19 aromatic rings. The topological polar surface area (TPSA) is 176 Å². The number of ketones is 2. The van der Waals surface area contributed by atoms with Gasteiger partial charge in [0.2, 0.25) is 0 Å². The lowest BCUT2D eigenvalue weighted by molar-refractivity contribution is 0.0801. The minimum absolute atomic E-state index is 0.0563. The van der Waals surface area contributed by atoms with Gasteiger partial charge in [0.15, 0.2) is 22.9 Å². The van der Waals surface area contributed by atoms with Gasteiger partial charge in [-0.25, -0.2) is 29.9 Å². The van der Waals surface area contributed by atoms with E-state index in [0.29, 0.717) is 25.9 Å². The number of fused-ring (bicyclic) bond motifs is 15. The fourth-order valence-electron chi connectivity index (χ4n) is 13.3. The standard InChI is InChI=1S/C16H10.C14H7Cl2N3.C14H9N3.C14H10O2.C14H10.C11H9N3OS/c1-3-11-7-9-13-5-2-6-14-10-8-12(4-1)15(11)16(13)14;15-8-5-11-12(6-9(8)16)19-14-13(17-11)7-3-1-2-4-10(7)18-14;1-2-6-10-9(5-1)13-14(16-10)17-12-8-4-3-7-11(12)15-13;15-13-9-5-1-2-6-10(9)14(16)12-8-4-3-7-11(12)13;1-2-6-12-10-14-8-4-3-7-13(14)9-11(12)5-1;1-5-3-6(2)14-11-7(5)8-9(16-11)10(15)13-4-12-8/h1-10H;1-6H,(H,18,19);1-8H,(H,16,17);1-10H;1-10H;3-4H,1-2H3,(H,12,13,15). The summed E-state index contributed by atoms with van der Waals surface area (Å²) < 4.78 is 0.652. The minimum atomic E-state index is -0.299. The molecule has 0 aliphatic heterocycles. The number of Topliss-reactive ketones (excluding diaryl/α,β-unsaturated/α-hetero) is 2. The quantitative estimate of drug-likeness (QED) is 0.0985. The number of aromatic nitrogens is 9. The van der Waals surface area contributed by atoms with Crippen LogP contribution in [0.2, 0.25) is 10.0 Å². The van der Waals surface area contributed by atoms with Crippen LogP contribution in [0.15, 0.2) is 272 Å². The molecule has 2 atom stereocenters. The molecule has 0 bridgehead atoms. The summed E-state index contributed by atoms with van der Waals surface area (Å²) in [5.74, 6) is -0.485. The Balaban J connectivity index is 0.0000000922. The number of aryl methyl sites for hydroxylation is 2. The van der Waals surface area contributed by atoms with Gasteiger partial charge in [-0.1, -0.05) is 229 Å². The molecule has 21 rings (SSSR count). The average Bonchev–Trinajstić information content (AvgIpc) is 1.53. The molecule has 12 nitrogen and oxygen atoms in total. The van der Waals surface area contributed by atoms with E-state index in [4.69, 9.17) is 23.2 Å². The largest absolute Gasteiger partial charge is 0.338 e. The Morgan fingerprint density at radius 1 is 0.398 bits per heavy atom. The molecule has 7 heterocycles. The van der Waals surface area contributed by atoms with E-state index in [9.17, 15) is 14.4 Å². The molecular weight excluding hydrogens is 1270 g/mol. The SMILES string of the molecule is Cc1cc(C)c2c(n1)sc1c(=O)[nH]cnc12.Clc1cc2nc3[nH]c4ccccc4c3nc2cc1Cl.O=C1c2ccccc2C(=O)C2C=CC=CC12.c1cc2ccc3cccc4ccc(c1)c2c34.c1ccc2cc3ccccc3cc2c1.c1ccc2nc3c(nc2c1)[nH]c1ccccc13. The molecule has 2 aliphatic rings. The molecule has 0 saturated carbocycles. The maximum absolute atomic E-state index is 12.2. The average molecular weight is 1330 g/mol. The molecular formula is C83H55Cl2N9O3S. The van der Waals surface area contributed by atoms with Gasteiger partial charge in [0.05, 0.1) is 55.8 Å². The second-order valence-corrected chi connectivity index (χ2v) is 25.9. The second kappa shape index (κ2) is 25.7. The Hall–Kier alpha value is -11.9. The zero-order valence-corrected chi connectivity index (χ0v) is 55.0. The highest BCUT2D eigenvalue weighted by Gasteiger charge is 2.39. The van der Waals surface area contributed by atoms with E-state index in [-0.39, 0.29) is 29.0 Å². The number of H-pyrrole nitrogens is 3. The molecule has 0 saturated heterocycles. The molecule has 0 fully saturated rings. The van der Waals surface area contributed by atoms with Gasteiger partial charge < -0.3 is 15.0 Å². The lowest BCUT2D eigenvalue weighted by atomic mass is 9.72. The Morgan fingerprint density at radius 2 is 0.816 bits per heavy atom. The van der Waals surface area contributed by atoms with Crippen molar-refractivity contribution < 1.29 is 9.59 Å². The highest BCUT2D eigenvalue weighted by molar-refractivity contribution is 7.25. The van der Waals surface area contributed by atoms with Crippen LogP contribution in [0, 0.1) is 25.7 Å². The Morgan fingerprint density at radius 3 is 1.33 bits per heavy atom. The molecule has 470 valence electrons. The van der Waals surface area contributed by atoms with Crippen molar-refractivity contribution in [2.45, 2.75) is 13.8 Å². The lowest BCUT2D eigenvalue weighted by Crippen LogP contribution is -2.35. The lowest BCUT2D eigenvalue weighted by Gasteiger charge is -2.28. The summed E-state index contributed by atoms with van der Waals surface area (Å²) in [4.78, 5) is 73.1. The number of halogens is 2. The fourth-order valence-corrected chi connectivity index (χ4v) is 14.8. The Labute approximate surface area is 573 Å². The third-order valence-corrected chi connectivity index (χ3v) is 19.7. The molecule has 2 unspecified atom stereocenters. The number of nitrogens with one attached hydrogen (secondary N) is 3. The Kier molecular flexibility index (Phi) is 16.0. The van der Waals surface area contributed by atoms with E-state index < -0.39 is 0 Å². The maximum Gasteiger partial charge on any atom is 0.268 e. The van der Waals surface area contributed by atoms with Crippen LogP contribution in [-0.4, -0.2) is 56.4 Å². The first kappa shape index (κ1) is 61.0. The second-order valence-electron chi connectivity index (χ2n) is 24.1. The smallest absolute Gasteiger partial charge is 0.268 e. The third kappa shape index (κ3) is 11.5. The summed E-state index contributed by atoms with van der Waals surface area (Å²) in [6.45, 7) is 3.97. The third-order valence-electron chi connectivity index (χ3n) is 17.9. The van der Waals surface area contributed by atoms with Gasteiger partial charge >= 0.3 is 0 Å². The molecule has 0 amide bonds.